The minimum atomic E-state index is -1.17. The van der Waals surface area contributed by atoms with Crippen LogP contribution in [0.25, 0.3) is 0 Å². The number of rotatable bonds is 3. The van der Waals surface area contributed by atoms with Crippen molar-refractivity contribution in [3.05, 3.63) is 34.9 Å². The highest BCUT2D eigenvalue weighted by molar-refractivity contribution is 6.00. The molecule has 1 N–H and O–H groups in total. The van der Waals surface area contributed by atoms with Gasteiger partial charge in [-0.3, -0.25) is 4.79 Å². The number of ether oxygens (including phenoxy) is 1. The van der Waals surface area contributed by atoms with Crippen LogP contribution in [0.5, 0.6) is 0 Å². The average molecular weight is 208 g/mol. The average Bonchev–Trinajstić information content (AvgIpc) is 2.27. The first-order chi connectivity index (χ1) is 7.10. The van der Waals surface area contributed by atoms with Crippen LogP contribution in [0.15, 0.2) is 18.2 Å². The Hall–Kier alpha value is -2.17. The van der Waals surface area contributed by atoms with Gasteiger partial charge in [0.25, 0.3) is 0 Å². The van der Waals surface area contributed by atoms with Crippen molar-refractivity contribution in [3.63, 3.8) is 0 Å². The minimum Gasteiger partial charge on any atom is -0.478 e. The Labute approximate surface area is 85.3 Å². The van der Waals surface area contributed by atoms with Gasteiger partial charge in [-0.1, -0.05) is 0 Å². The molecule has 0 aliphatic rings. The van der Waals surface area contributed by atoms with E-state index in [0.29, 0.717) is 6.29 Å². The Morgan fingerprint density at radius 2 is 2.07 bits per heavy atom. The quantitative estimate of drug-likeness (QED) is 0.591. The molecule has 1 aromatic rings. The fourth-order valence-electron chi connectivity index (χ4n) is 1.08. The Morgan fingerprint density at radius 1 is 1.40 bits per heavy atom. The lowest BCUT2D eigenvalue weighted by molar-refractivity contribution is 0.0598. The SMILES string of the molecule is COC(=O)c1cc(C(=O)O)ccc1C=O. The van der Waals surface area contributed by atoms with Gasteiger partial charge in [0.15, 0.2) is 6.29 Å². The first kappa shape index (κ1) is 10.9. The van der Waals surface area contributed by atoms with Crippen LogP contribution in [0, 0.1) is 0 Å². The summed E-state index contributed by atoms with van der Waals surface area (Å²) in [6, 6.07) is 3.62. The molecule has 0 bridgehead atoms. The molecule has 0 aliphatic heterocycles. The highest BCUT2D eigenvalue weighted by Gasteiger charge is 2.14. The summed E-state index contributed by atoms with van der Waals surface area (Å²) in [5, 5.41) is 8.69. The molecule has 5 heteroatoms. The zero-order valence-corrected chi connectivity index (χ0v) is 7.89. The number of esters is 1. The highest BCUT2D eigenvalue weighted by Crippen LogP contribution is 2.11. The van der Waals surface area contributed by atoms with E-state index >= 15 is 0 Å². The molecule has 0 amide bonds. The van der Waals surface area contributed by atoms with Crippen LogP contribution >= 0.6 is 0 Å². The van der Waals surface area contributed by atoms with Crippen LogP contribution in [-0.2, 0) is 4.74 Å². The standard InChI is InChI=1S/C10H8O5/c1-15-10(14)8-4-6(9(12)13)2-3-7(8)5-11/h2-5H,1H3,(H,12,13). The number of benzene rings is 1. The Bertz CT molecular complexity index is 422. The Balaban J connectivity index is 3.31. The van der Waals surface area contributed by atoms with E-state index in [1.807, 2.05) is 0 Å². The number of carboxylic acids is 1. The van der Waals surface area contributed by atoms with Crippen molar-refractivity contribution in [2.45, 2.75) is 0 Å². The van der Waals surface area contributed by atoms with Gasteiger partial charge in [-0.2, -0.15) is 0 Å². The molecule has 0 atom stereocenters. The summed E-state index contributed by atoms with van der Waals surface area (Å²) in [5.41, 5.74) is -0.0137. The number of hydrogen-bond acceptors (Lipinski definition) is 4. The topological polar surface area (TPSA) is 80.7 Å². The molecule has 0 fully saturated rings. The maximum absolute atomic E-state index is 11.2. The first-order valence-corrected chi connectivity index (χ1v) is 4.01. The number of aromatic carboxylic acids is 1. The summed E-state index contributed by atoms with van der Waals surface area (Å²) in [6.07, 6.45) is 0.470. The van der Waals surface area contributed by atoms with Crippen LogP contribution in [-0.4, -0.2) is 30.4 Å². The third kappa shape index (κ3) is 2.19. The second-order valence-electron chi connectivity index (χ2n) is 2.72. The van der Waals surface area contributed by atoms with Crippen molar-refractivity contribution in [1.29, 1.82) is 0 Å². The van der Waals surface area contributed by atoms with Crippen LogP contribution in [0.1, 0.15) is 31.1 Å². The number of carbonyl (C=O) groups is 3. The number of hydrogen-bond donors (Lipinski definition) is 1. The van der Waals surface area contributed by atoms with Crippen LogP contribution in [0.4, 0.5) is 0 Å². The highest BCUT2D eigenvalue weighted by atomic mass is 16.5. The van der Waals surface area contributed by atoms with E-state index in [-0.39, 0.29) is 16.7 Å². The fraction of sp³-hybridized carbons (Fsp3) is 0.100. The Kier molecular flexibility index (Phi) is 3.17. The van der Waals surface area contributed by atoms with Crippen molar-refractivity contribution < 1.29 is 24.2 Å². The van der Waals surface area contributed by atoms with Gasteiger partial charge in [-0.15, -0.1) is 0 Å². The maximum atomic E-state index is 11.2. The summed E-state index contributed by atoms with van der Waals surface area (Å²) in [6.45, 7) is 0. The molecule has 0 saturated heterocycles. The molecule has 5 nitrogen and oxygen atoms in total. The van der Waals surface area contributed by atoms with Crippen molar-refractivity contribution >= 4 is 18.2 Å². The summed E-state index contributed by atoms with van der Waals surface area (Å²) in [5.74, 6) is -1.90. The predicted molar refractivity (Wildman–Crippen MR) is 50.1 cm³/mol. The zero-order chi connectivity index (χ0) is 11.4. The number of carboxylic acid groups (broad SMARTS) is 1. The maximum Gasteiger partial charge on any atom is 0.338 e. The minimum absolute atomic E-state index is 0.0487. The molecular formula is C10H8O5. The summed E-state index contributed by atoms with van der Waals surface area (Å²) in [4.78, 5) is 32.4. The summed E-state index contributed by atoms with van der Waals surface area (Å²) < 4.78 is 4.42. The van der Waals surface area contributed by atoms with E-state index in [2.05, 4.69) is 4.74 Å². The lowest BCUT2D eigenvalue weighted by atomic mass is 10.0. The smallest absolute Gasteiger partial charge is 0.338 e. The first-order valence-electron chi connectivity index (χ1n) is 4.01. The van der Waals surface area contributed by atoms with Crippen molar-refractivity contribution in [2.75, 3.05) is 7.11 Å². The van der Waals surface area contributed by atoms with Gasteiger partial charge in [0.2, 0.25) is 0 Å². The fourth-order valence-corrected chi connectivity index (χ4v) is 1.08. The molecule has 0 aliphatic carbocycles. The third-order valence-corrected chi connectivity index (χ3v) is 1.83. The van der Waals surface area contributed by atoms with Crippen molar-refractivity contribution in [1.82, 2.24) is 0 Å². The number of carbonyl (C=O) groups excluding carboxylic acids is 2. The molecule has 0 unspecified atom stereocenters. The molecule has 0 radical (unpaired) electrons. The van der Waals surface area contributed by atoms with Gasteiger partial charge < -0.3 is 9.84 Å². The molecule has 0 heterocycles. The predicted octanol–water partition coefficient (Wildman–Crippen LogP) is 0.984. The molecule has 15 heavy (non-hydrogen) atoms. The van der Waals surface area contributed by atoms with Gasteiger partial charge in [0.05, 0.1) is 18.2 Å². The second kappa shape index (κ2) is 4.36. The molecule has 1 rings (SSSR count). The van der Waals surface area contributed by atoms with Crippen molar-refractivity contribution in [3.8, 4) is 0 Å². The third-order valence-electron chi connectivity index (χ3n) is 1.83. The van der Waals surface area contributed by atoms with E-state index < -0.39 is 11.9 Å². The van der Waals surface area contributed by atoms with E-state index in [1.165, 1.54) is 12.1 Å². The summed E-state index contributed by atoms with van der Waals surface area (Å²) in [7, 11) is 1.16. The molecule has 1 aromatic carbocycles. The van der Waals surface area contributed by atoms with Gasteiger partial charge in [-0.25, -0.2) is 9.59 Å². The molecule has 0 aromatic heterocycles. The normalized spacial score (nSPS) is 9.40. The van der Waals surface area contributed by atoms with E-state index in [0.717, 1.165) is 13.2 Å². The van der Waals surface area contributed by atoms with Gasteiger partial charge in [0.1, 0.15) is 0 Å². The van der Waals surface area contributed by atoms with Gasteiger partial charge in [-0.05, 0) is 18.2 Å². The lowest BCUT2D eigenvalue weighted by Crippen LogP contribution is -2.08. The van der Waals surface area contributed by atoms with Crippen molar-refractivity contribution in [2.24, 2.45) is 0 Å². The largest absolute Gasteiger partial charge is 0.478 e. The van der Waals surface area contributed by atoms with Gasteiger partial charge >= 0.3 is 11.9 Å². The molecule has 0 spiro atoms. The van der Waals surface area contributed by atoms with Crippen LogP contribution in [0.2, 0.25) is 0 Å². The zero-order valence-electron chi connectivity index (χ0n) is 7.89. The van der Waals surface area contributed by atoms with E-state index in [1.54, 1.807) is 0 Å². The van der Waals surface area contributed by atoms with E-state index in [9.17, 15) is 14.4 Å². The van der Waals surface area contributed by atoms with Gasteiger partial charge in [0, 0.05) is 5.56 Å². The van der Waals surface area contributed by atoms with Crippen LogP contribution in [0.3, 0.4) is 0 Å². The summed E-state index contributed by atoms with van der Waals surface area (Å²) >= 11 is 0. The van der Waals surface area contributed by atoms with Crippen LogP contribution < -0.4 is 0 Å². The molecule has 78 valence electrons. The lowest BCUT2D eigenvalue weighted by Gasteiger charge is -2.03. The monoisotopic (exact) mass is 208 g/mol. The van der Waals surface area contributed by atoms with E-state index in [4.69, 9.17) is 5.11 Å². The number of aldehydes is 1. The Morgan fingerprint density at radius 3 is 2.53 bits per heavy atom. The number of methoxy groups -OCH3 is 1. The second-order valence-corrected chi connectivity index (χ2v) is 2.72. The molecular weight excluding hydrogens is 200 g/mol. The molecule has 0 saturated carbocycles.